The van der Waals surface area contributed by atoms with E-state index in [9.17, 15) is 4.79 Å². The number of nitrogens with zero attached hydrogens (tertiary/aromatic N) is 3. The quantitative estimate of drug-likeness (QED) is 0.710. The number of aromatic nitrogens is 1. The molecule has 1 fully saturated rings. The average Bonchev–Trinajstić information content (AvgIpc) is 2.30. The van der Waals surface area contributed by atoms with Gasteiger partial charge in [0.2, 0.25) is 0 Å². The molecule has 0 aromatic carbocycles. The van der Waals surface area contributed by atoms with E-state index in [2.05, 4.69) is 14.8 Å². The lowest BCUT2D eigenvalue weighted by Gasteiger charge is -2.38. The molecule has 1 aromatic rings. The van der Waals surface area contributed by atoms with Gasteiger partial charge in [0.15, 0.2) is 0 Å². The van der Waals surface area contributed by atoms with Crippen molar-refractivity contribution in [2.45, 2.75) is 6.04 Å². The summed E-state index contributed by atoms with van der Waals surface area (Å²) in [5.74, 6) is 0.500. The zero-order valence-corrected chi connectivity index (χ0v) is 9.34. The predicted octanol–water partition coefficient (Wildman–Crippen LogP) is -0.0169. The minimum Gasteiger partial charge on any atom is -0.384 e. The molecule has 1 aromatic heterocycles. The van der Waals surface area contributed by atoms with Crippen molar-refractivity contribution in [3.05, 3.63) is 18.3 Å². The van der Waals surface area contributed by atoms with Gasteiger partial charge in [0.25, 0.3) is 0 Å². The van der Waals surface area contributed by atoms with Crippen molar-refractivity contribution in [1.29, 1.82) is 0 Å². The highest BCUT2D eigenvalue weighted by Crippen LogP contribution is 2.19. The Morgan fingerprint density at radius 1 is 1.50 bits per heavy atom. The summed E-state index contributed by atoms with van der Waals surface area (Å²) in [5.41, 5.74) is 6.50. The molecule has 2 heterocycles. The molecule has 2 rings (SSSR count). The van der Waals surface area contributed by atoms with E-state index in [0.717, 1.165) is 31.6 Å². The molecule has 0 radical (unpaired) electrons. The number of anilines is 2. The van der Waals surface area contributed by atoms with Crippen molar-refractivity contribution in [3.8, 4) is 0 Å². The van der Waals surface area contributed by atoms with E-state index >= 15 is 0 Å². The highest BCUT2D eigenvalue weighted by atomic mass is 16.1. The van der Waals surface area contributed by atoms with Crippen molar-refractivity contribution >= 4 is 17.8 Å². The lowest BCUT2D eigenvalue weighted by Crippen LogP contribution is -2.52. The van der Waals surface area contributed by atoms with Gasteiger partial charge in [-0.1, -0.05) is 0 Å². The molecule has 2 N–H and O–H groups in total. The van der Waals surface area contributed by atoms with Crippen LogP contribution in [0, 0.1) is 0 Å². The minimum absolute atomic E-state index is 0.0934. The second-order valence-electron chi connectivity index (χ2n) is 4.10. The fraction of sp³-hybridized carbons (Fsp3) is 0.455. The van der Waals surface area contributed by atoms with Crippen LogP contribution in [0.25, 0.3) is 0 Å². The summed E-state index contributed by atoms with van der Waals surface area (Å²) < 4.78 is 0. The van der Waals surface area contributed by atoms with Crippen molar-refractivity contribution in [2.75, 3.05) is 37.3 Å². The normalized spacial score (nSPS) is 22.1. The second-order valence-corrected chi connectivity index (χ2v) is 4.10. The zero-order chi connectivity index (χ0) is 11.5. The number of likely N-dealkylation sites (N-methyl/N-ethyl adjacent to an activating group) is 1. The Balaban J connectivity index is 2.19. The van der Waals surface area contributed by atoms with Crippen LogP contribution in [0.1, 0.15) is 0 Å². The molecular formula is C11H16N4O. The summed E-state index contributed by atoms with van der Waals surface area (Å²) in [4.78, 5) is 19.3. The molecule has 1 saturated heterocycles. The number of nitrogens with two attached hydrogens (primary N) is 1. The number of carbonyl (C=O) groups excluding carboxylic acids is 1. The zero-order valence-electron chi connectivity index (χ0n) is 9.34. The molecule has 16 heavy (non-hydrogen) atoms. The molecule has 0 saturated carbocycles. The van der Waals surface area contributed by atoms with Crippen LogP contribution in [0.3, 0.4) is 0 Å². The maximum absolute atomic E-state index is 11.0. The van der Waals surface area contributed by atoms with Gasteiger partial charge in [0.05, 0.1) is 17.9 Å². The molecule has 1 atom stereocenters. The largest absolute Gasteiger partial charge is 0.384 e. The fourth-order valence-electron chi connectivity index (χ4n) is 1.96. The number of carbonyl (C=O) groups is 1. The Kier molecular flexibility index (Phi) is 3.05. The van der Waals surface area contributed by atoms with Crippen LogP contribution in [0.2, 0.25) is 0 Å². The van der Waals surface area contributed by atoms with Gasteiger partial charge >= 0.3 is 0 Å². The van der Waals surface area contributed by atoms with Gasteiger partial charge in [-0.15, -0.1) is 0 Å². The van der Waals surface area contributed by atoms with Crippen molar-refractivity contribution in [3.63, 3.8) is 0 Å². The van der Waals surface area contributed by atoms with Gasteiger partial charge in [0.1, 0.15) is 12.1 Å². The first kappa shape index (κ1) is 10.9. The summed E-state index contributed by atoms with van der Waals surface area (Å²) in [6, 6.07) is 3.57. The fourth-order valence-corrected chi connectivity index (χ4v) is 1.96. The molecule has 1 aliphatic heterocycles. The summed E-state index contributed by atoms with van der Waals surface area (Å²) in [6.07, 6.45) is 2.71. The van der Waals surface area contributed by atoms with Gasteiger partial charge in [0, 0.05) is 19.6 Å². The van der Waals surface area contributed by atoms with Crippen molar-refractivity contribution in [1.82, 2.24) is 9.88 Å². The monoisotopic (exact) mass is 220 g/mol. The molecule has 5 heteroatoms. The Hall–Kier alpha value is -1.62. The summed E-state index contributed by atoms with van der Waals surface area (Å²) in [7, 11) is 2.02. The van der Waals surface area contributed by atoms with Gasteiger partial charge in [-0.05, 0) is 19.2 Å². The Labute approximate surface area is 94.9 Å². The Morgan fingerprint density at radius 2 is 2.31 bits per heavy atom. The molecule has 0 spiro atoms. The predicted molar refractivity (Wildman–Crippen MR) is 63.3 cm³/mol. The second kappa shape index (κ2) is 4.49. The SMILES string of the molecule is CN1CCN(c2ccc(N)nc2)C(C=O)C1. The van der Waals surface area contributed by atoms with Gasteiger partial charge < -0.3 is 20.3 Å². The first-order valence-corrected chi connectivity index (χ1v) is 5.32. The molecule has 0 aliphatic carbocycles. The van der Waals surface area contributed by atoms with Crippen LogP contribution in [0.15, 0.2) is 18.3 Å². The highest BCUT2D eigenvalue weighted by Gasteiger charge is 2.24. The van der Waals surface area contributed by atoms with Gasteiger partial charge in [-0.25, -0.2) is 4.98 Å². The Morgan fingerprint density at radius 3 is 2.94 bits per heavy atom. The third-order valence-electron chi connectivity index (χ3n) is 2.88. The number of aldehydes is 1. The highest BCUT2D eigenvalue weighted by molar-refractivity contribution is 5.67. The van der Waals surface area contributed by atoms with Crippen LogP contribution in [0.4, 0.5) is 11.5 Å². The lowest BCUT2D eigenvalue weighted by atomic mass is 10.1. The summed E-state index contributed by atoms with van der Waals surface area (Å²) in [5, 5.41) is 0. The van der Waals surface area contributed by atoms with Crippen LogP contribution >= 0.6 is 0 Å². The van der Waals surface area contributed by atoms with E-state index in [1.807, 2.05) is 13.1 Å². The van der Waals surface area contributed by atoms with E-state index in [0.29, 0.717) is 5.82 Å². The molecule has 86 valence electrons. The minimum atomic E-state index is -0.0934. The van der Waals surface area contributed by atoms with Crippen molar-refractivity contribution in [2.24, 2.45) is 0 Å². The van der Waals surface area contributed by atoms with Crippen LogP contribution < -0.4 is 10.6 Å². The Bertz CT molecular complexity index is 365. The van der Waals surface area contributed by atoms with Crippen LogP contribution in [-0.2, 0) is 4.79 Å². The van der Waals surface area contributed by atoms with Gasteiger partial charge in [-0.2, -0.15) is 0 Å². The van der Waals surface area contributed by atoms with Crippen LogP contribution in [0.5, 0.6) is 0 Å². The molecular weight excluding hydrogens is 204 g/mol. The number of rotatable bonds is 2. The topological polar surface area (TPSA) is 62.5 Å². The summed E-state index contributed by atoms with van der Waals surface area (Å²) >= 11 is 0. The first-order valence-electron chi connectivity index (χ1n) is 5.32. The number of hydrogen-bond donors (Lipinski definition) is 1. The maximum Gasteiger partial charge on any atom is 0.143 e. The number of hydrogen-bond acceptors (Lipinski definition) is 5. The van der Waals surface area contributed by atoms with E-state index in [1.165, 1.54) is 0 Å². The van der Waals surface area contributed by atoms with E-state index in [-0.39, 0.29) is 6.04 Å². The number of piperazine rings is 1. The molecule has 5 nitrogen and oxygen atoms in total. The third-order valence-corrected chi connectivity index (χ3v) is 2.88. The van der Waals surface area contributed by atoms with E-state index in [1.54, 1.807) is 12.3 Å². The van der Waals surface area contributed by atoms with E-state index in [4.69, 9.17) is 5.73 Å². The number of pyridine rings is 1. The standard InChI is InChI=1S/C11H16N4O/c1-14-4-5-15(10(7-14)8-16)9-2-3-11(12)13-6-9/h2-3,6,8,10H,4-5,7H2,1H3,(H2,12,13). The van der Waals surface area contributed by atoms with Gasteiger partial charge in [-0.3, -0.25) is 0 Å². The molecule has 0 bridgehead atoms. The smallest absolute Gasteiger partial charge is 0.143 e. The molecule has 1 aliphatic rings. The first-order chi connectivity index (χ1) is 7.70. The lowest BCUT2D eigenvalue weighted by molar-refractivity contribution is -0.109. The average molecular weight is 220 g/mol. The van der Waals surface area contributed by atoms with Crippen molar-refractivity contribution < 1.29 is 4.79 Å². The van der Waals surface area contributed by atoms with E-state index < -0.39 is 0 Å². The number of nitrogen functional groups attached to an aromatic ring is 1. The summed E-state index contributed by atoms with van der Waals surface area (Å²) in [6.45, 7) is 2.55. The van der Waals surface area contributed by atoms with Crippen LogP contribution in [-0.4, -0.2) is 48.9 Å². The molecule has 1 unspecified atom stereocenters. The maximum atomic E-state index is 11.0. The third kappa shape index (κ3) is 2.14. The molecule has 0 amide bonds.